The maximum absolute atomic E-state index is 11.6. The molecule has 0 N–H and O–H groups in total. The number of Topliss-reactive ketones (excluding diaryl/α,β-unsaturated/α-hetero) is 1. The highest BCUT2D eigenvalue weighted by Gasteiger charge is 2.33. The fourth-order valence-electron chi connectivity index (χ4n) is 2.10. The van der Waals surface area contributed by atoms with E-state index >= 15 is 0 Å². The van der Waals surface area contributed by atoms with E-state index in [-0.39, 0.29) is 11.8 Å². The number of allylic oxidation sites excluding steroid dienone is 1. The van der Waals surface area contributed by atoms with E-state index < -0.39 is 0 Å². The molecular formula is C12H17NO. The summed E-state index contributed by atoms with van der Waals surface area (Å²) in [6.07, 6.45) is 2.07. The molecule has 1 rings (SSSR count). The van der Waals surface area contributed by atoms with E-state index in [9.17, 15) is 4.79 Å². The zero-order valence-electron chi connectivity index (χ0n) is 8.92. The van der Waals surface area contributed by atoms with Crippen LogP contribution >= 0.6 is 0 Å². The van der Waals surface area contributed by atoms with Gasteiger partial charge in [-0.25, -0.2) is 0 Å². The number of nitrogens with zero attached hydrogens (tertiary/aromatic N) is 1. The molecule has 0 spiro atoms. The molecule has 1 aliphatic rings. The van der Waals surface area contributed by atoms with Crippen LogP contribution < -0.4 is 0 Å². The molecule has 0 saturated heterocycles. The van der Waals surface area contributed by atoms with Crippen LogP contribution in [0.25, 0.3) is 0 Å². The number of nitriles is 1. The van der Waals surface area contributed by atoms with Crippen molar-refractivity contribution in [3.8, 4) is 6.07 Å². The number of carbonyl (C=O) groups is 1. The summed E-state index contributed by atoms with van der Waals surface area (Å²) >= 11 is 0. The first-order chi connectivity index (χ1) is 6.56. The Kier molecular flexibility index (Phi) is 3.46. The first-order valence-corrected chi connectivity index (χ1v) is 5.11. The number of rotatable bonds is 2. The number of carbonyl (C=O) groups excluding carboxylic acids is 1. The minimum Gasteiger partial charge on any atom is -0.299 e. The lowest BCUT2D eigenvalue weighted by atomic mass is 9.71. The third-order valence-corrected chi connectivity index (χ3v) is 3.30. The molecule has 0 aromatic rings. The normalized spacial score (nSPS) is 32.4. The molecule has 1 saturated carbocycles. The van der Waals surface area contributed by atoms with Crippen molar-refractivity contribution in [2.45, 2.75) is 33.1 Å². The van der Waals surface area contributed by atoms with Crippen LogP contribution in [0.3, 0.4) is 0 Å². The summed E-state index contributed by atoms with van der Waals surface area (Å²) in [5.74, 6) is 0.898. The van der Waals surface area contributed by atoms with Gasteiger partial charge in [-0.05, 0) is 25.2 Å². The molecule has 3 atom stereocenters. The van der Waals surface area contributed by atoms with Crippen LogP contribution in [0.1, 0.15) is 33.1 Å². The van der Waals surface area contributed by atoms with Gasteiger partial charge in [0, 0.05) is 18.8 Å². The quantitative estimate of drug-likeness (QED) is 0.630. The Morgan fingerprint density at radius 1 is 1.71 bits per heavy atom. The fraction of sp³-hybridized carbons (Fsp3) is 0.667. The molecule has 1 fully saturated rings. The van der Waals surface area contributed by atoms with Crippen molar-refractivity contribution < 1.29 is 4.79 Å². The van der Waals surface area contributed by atoms with Crippen molar-refractivity contribution in [3.05, 3.63) is 12.2 Å². The highest BCUT2D eigenvalue weighted by atomic mass is 16.1. The first kappa shape index (κ1) is 11.0. The average molecular weight is 191 g/mol. The fourth-order valence-corrected chi connectivity index (χ4v) is 2.10. The lowest BCUT2D eigenvalue weighted by Crippen LogP contribution is -2.31. The molecule has 0 unspecified atom stereocenters. The van der Waals surface area contributed by atoms with Gasteiger partial charge in [0.25, 0.3) is 0 Å². The van der Waals surface area contributed by atoms with Crippen molar-refractivity contribution >= 4 is 5.78 Å². The van der Waals surface area contributed by atoms with Gasteiger partial charge in [-0.2, -0.15) is 5.26 Å². The monoisotopic (exact) mass is 191 g/mol. The van der Waals surface area contributed by atoms with Crippen LogP contribution in [0.15, 0.2) is 12.2 Å². The number of hydrogen-bond donors (Lipinski definition) is 0. The van der Waals surface area contributed by atoms with E-state index in [1.165, 1.54) is 0 Å². The van der Waals surface area contributed by atoms with Gasteiger partial charge < -0.3 is 0 Å². The Hall–Kier alpha value is -1.10. The van der Waals surface area contributed by atoms with E-state index in [4.69, 9.17) is 5.26 Å². The average Bonchev–Trinajstić information content (AvgIpc) is 2.12. The molecule has 2 heteroatoms. The maximum Gasteiger partial charge on any atom is 0.136 e. The van der Waals surface area contributed by atoms with Gasteiger partial charge in [0.1, 0.15) is 5.78 Å². The summed E-state index contributed by atoms with van der Waals surface area (Å²) in [4.78, 5) is 11.6. The number of hydrogen-bond acceptors (Lipinski definition) is 2. The molecule has 0 amide bonds. The second-order valence-electron chi connectivity index (χ2n) is 4.36. The van der Waals surface area contributed by atoms with Crippen molar-refractivity contribution in [2.75, 3.05) is 0 Å². The molecule has 76 valence electrons. The largest absolute Gasteiger partial charge is 0.299 e. The van der Waals surface area contributed by atoms with Gasteiger partial charge in [-0.3, -0.25) is 4.79 Å². The third-order valence-electron chi connectivity index (χ3n) is 3.30. The Bertz CT molecular complexity index is 287. The minimum absolute atomic E-state index is 0.0604. The van der Waals surface area contributed by atoms with Crippen LogP contribution in [0.2, 0.25) is 0 Å². The van der Waals surface area contributed by atoms with Crippen molar-refractivity contribution in [1.29, 1.82) is 5.26 Å². The topological polar surface area (TPSA) is 40.9 Å². The third kappa shape index (κ3) is 2.23. The Morgan fingerprint density at radius 3 is 2.86 bits per heavy atom. The SMILES string of the molecule is C=C(C)[C@H]1CC(=O)[C@H](C)[C@@H](CC#N)C1. The van der Waals surface area contributed by atoms with Gasteiger partial charge in [0.2, 0.25) is 0 Å². The van der Waals surface area contributed by atoms with E-state index in [0.717, 1.165) is 12.0 Å². The Labute approximate surface area is 85.6 Å². The van der Waals surface area contributed by atoms with Crippen LogP contribution in [-0.2, 0) is 4.79 Å². The van der Waals surface area contributed by atoms with Gasteiger partial charge in [0.05, 0.1) is 6.07 Å². The predicted octanol–water partition coefficient (Wildman–Crippen LogP) is 2.71. The summed E-state index contributed by atoms with van der Waals surface area (Å²) in [5, 5.41) is 8.66. The number of ketones is 1. The predicted molar refractivity (Wildman–Crippen MR) is 55.4 cm³/mol. The smallest absolute Gasteiger partial charge is 0.136 e. The highest BCUT2D eigenvalue weighted by Crippen LogP contribution is 2.36. The van der Waals surface area contributed by atoms with E-state index in [1.807, 2.05) is 13.8 Å². The Morgan fingerprint density at radius 2 is 2.36 bits per heavy atom. The van der Waals surface area contributed by atoms with Gasteiger partial charge >= 0.3 is 0 Å². The zero-order valence-corrected chi connectivity index (χ0v) is 8.92. The minimum atomic E-state index is 0.0604. The molecule has 0 aliphatic heterocycles. The molecule has 14 heavy (non-hydrogen) atoms. The molecule has 0 heterocycles. The summed E-state index contributed by atoms with van der Waals surface area (Å²) in [5.41, 5.74) is 1.08. The summed E-state index contributed by atoms with van der Waals surface area (Å²) < 4.78 is 0. The van der Waals surface area contributed by atoms with Crippen LogP contribution in [-0.4, -0.2) is 5.78 Å². The van der Waals surface area contributed by atoms with Crippen molar-refractivity contribution in [1.82, 2.24) is 0 Å². The van der Waals surface area contributed by atoms with Crippen molar-refractivity contribution in [2.24, 2.45) is 17.8 Å². The molecule has 0 bridgehead atoms. The molecule has 2 nitrogen and oxygen atoms in total. The molecule has 0 aromatic heterocycles. The van der Waals surface area contributed by atoms with Gasteiger partial charge in [-0.15, -0.1) is 0 Å². The van der Waals surface area contributed by atoms with Crippen molar-refractivity contribution in [3.63, 3.8) is 0 Å². The van der Waals surface area contributed by atoms with Crippen LogP contribution in [0, 0.1) is 29.1 Å². The standard InChI is InChI=1S/C12H17NO/c1-8(2)11-6-10(4-5-13)9(3)12(14)7-11/h9-11H,1,4,6-7H2,2-3H3/t9-,10+,11-/m1/s1. The summed E-state index contributed by atoms with van der Waals surface area (Å²) in [6, 6.07) is 2.17. The van der Waals surface area contributed by atoms with Gasteiger partial charge in [-0.1, -0.05) is 19.1 Å². The van der Waals surface area contributed by atoms with E-state index in [0.29, 0.717) is 24.5 Å². The Balaban J connectivity index is 2.72. The lowest BCUT2D eigenvalue weighted by molar-refractivity contribution is -0.127. The summed E-state index contributed by atoms with van der Waals surface area (Å²) in [7, 11) is 0. The summed E-state index contributed by atoms with van der Waals surface area (Å²) in [6.45, 7) is 7.81. The zero-order chi connectivity index (χ0) is 10.7. The van der Waals surface area contributed by atoms with E-state index in [2.05, 4.69) is 12.6 Å². The van der Waals surface area contributed by atoms with E-state index in [1.54, 1.807) is 0 Å². The second kappa shape index (κ2) is 4.41. The second-order valence-corrected chi connectivity index (χ2v) is 4.36. The molecule has 1 aliphatic carbocycles. The lowest BCUT2D eigenvalue weighted by Gasteiger charge is -2.32. The maximum atomic E-state index is 11.6. The van der Waals surface area contributed by atoms with Crippen LogP contribution in [0.4, 0.5) is 0 Å². The van der Waals surface area contributed by atoms with Gasteiger partial charge in [0.15, 0.2) is 0 Å². The first-order valence-electron chi connectivity index (χ1n) is 5.11. The molecule has 0 aromatic carbocycles. The van der Waals surface area contributed by atoms with Crippen LogP contribution in [0.5, 0.6) is 0 Å². The molecule has 0 radical (unpaired) electrons. The molecular weight excluding hydrogens is 174 g/mol. The highest BCUT2D eigenvalue weighted by molar-refractivity contribution is 5.82.